The summed E-state index contributed by atoms with van der Waals surface area (Å²) < 4.78 is 3.76. The van der Waals surface area contributed by atoms with Crippen LogP contribution in [-0.4, -0.2) is 24.9 Å². The van der Waals surface area contributed by atoms with Crippen molar-refractivity contribution in [2.45, 2.75) is 31.5 Å². The number of nitrogens with zero attached hydrogens (tertiary/aromatic N) is 4. The van der Waals surface area contributed by atoms with Gasteiger partial charge < -0.3 is 0 Å². The predicted octanol–water partition coefficient (Wildman–Crippen LogP) is 4.65. The van der Waals surface area contributed by atoms with E-state index in [0.29, 0.717) is 17.7 Å². The molecule has 4 rings (SSSR count). The van der Waals surface area contributed by atoms with Crippen molar-refractivity contribution in [2.24, 2.45) is 0 Å². The average Bonchev–Trinajstić information content (AvgIpc) is 3.16. The zero-order valence-corrected chi connectivity index (χ0v) is 16.6. The third kappa shape index (κ3) is 3.60. The first-order valence-corrected chi connectivity index (χ1v) is 10.5. The lowest BCUT2D eigenvalue weighted by atomic mass is 10.2. The Morgan fingerprint density at radius 1 is 1.04 bits per heavy atom. The minimum absolute atomic E-state index is 0.00414. The molecule has 0 spiro atoms. The fourth-order valence-electron chi connectivity index (χ4n) is 3.22. The summed E-state index contributed by atoms with van der Waals surface area (Å²) in [5, 5.41) is 10.2. The highest BCUT2D eigenvalue weighted by molar-refractivity contribution is 7.99. The number of benzene rings is 2. The van der Waals surface area contributed by atoms with Gasteiger partial charge in [-0.25, -0.2) is 0 Å². The van der Waals surface area contributed by atoms with Crippen molar-refractivity contribution < 1.29 is 0 Å². The van der Waals surface area contributed by atoms with E-state index >= 15 is 0 Å². The molecule has 0 fully saturated rings. The SMILES string of the molecule is CCCCn1c(=O)c2ccccc2n2c(SCC=Cc3ccccc3)nnc12. The standard InChI is InChI=1S/C22H22N4OS/c1-2-3-15-25-20(27)18-13-7-8-14-19(18)26-21(25)23-24-22(26)28-16-9-12-17-10-5-4-6-11-17/h4-14H,2-3,15-16H2,1H3. The number of para-hydroxylation sites is 1. The maximum Gasteiger partial charge on any atom is 0.262 e. The van der Waals surface area contributed by atoms with Crippen molar-refractivity contribution in [3.05, 3.63) is 76.6 Å². The van der Waals surface area contributed by atoms with Crippen LogP contribution in [0.1, 0.15) is 25.3 Å². The molecule has 2 aromatic heterocycles. The second kappa shape index (κ2) is 8.44. The molecule has 0 aliphatic heterocycles. The molecule has 4 aromatic rings. The molecule has 0 amide bonds. The van der Waals surface area contributed by atoms with Gasteiger partial charge in [0.05, 0.1) is 10.9 Å². The van der Waals surface area contributed by atoms with E-state index in [4.69, 9.17) is 0 Å². The van der Waals surface area contributed by atoms with Gasteiger partial charge in [-0.3, -0.25) is 13.8 Å². The summed E-state index contributed by atoms with van der Waals surface area (Å²) in [5.74, 6) is 1.39. The summed E-state index contributed by atoms with van der Waals surface area (Å²) >= 11 is 1.62. The Kier molecular flexibility index (Phi) is 5.58. The van der Waals surface area contributed by atoms with Gasteiger partial charge in [0.2, 0.25) is 5.78 Å². The molecule has 2 aromatic carbocycles. The molecule has 0 bridgehead atoms. The zero-order valence-electron chi connectivity index (χ0n) is 15.8. The Morgan fingerprint density at radius 2 is 1.82 bits per heavy atom. The number of unbranched alkanes of at least 4 members (excludes halogenated alkanes) is 1. The number of hydrogen-bond acceptors (Lipinski definition) is 4. The van der Waals surface area contributed by atoms with Crippen LogP contribution in [0.4, 0.5) is 0 Å². The molecule has 2 heterocycles. The van der Waals surface area contributed by atoms with E-state index in [1.165, 1.54) is 5.56 Å². The van der Waals surface area contributed by atoms with E-state index in [9.17, 15) is 4.79 Å². The highest BCUT2D eigenvalue weighted by Crippen LogP contribution is 2.22. The van der Waals surface area contributed by atoms with Gasteiger partial charge in [-0.05, 0) is 24.1 Å². The van der Waals surface area contributed by atoms with Gasteiger partial charge >= 0.3 is 0 Å². The number of aryl methyl sites for hydroxylation is 1. The van der Waals surface area contributed by atoms with Crippen LogP contribution in [0.2, 0.25) is 0 Å². The van der Waals surface area contributed by atoms with Crippen LogP contribution in [-0.2, 0) is 6.54 Å². The minimum Gasteiger partial charge on any atom is -0.276 e. The van der Waals surface area contributed by atoms with Crippen LogP contribution in [0.15, 0.2) is 70.6 Å². The first-order chi connectivity index (χ1) is 13.8. The topological polar surface area (TPSA) is 52.2 Å². The van der Waals surface area contributed by atoms with Gasteiger partial charge in [0.25, 0.3) is 5.56 Å². The maximum absolute atomic E-state index is 12.9. The Labute approximate surface area is 167 Å². The van der Waals surface area contributed by atoms with E-state index in [2.05, 4.69) is 41.4 Å². The van der Waals surface area contributed by atoms with E-state index in [0.717, 1.165) is 29.3 Å². The number of thioether (sulfide) groups is 1. The summed E-state index contributed by atoms with van der Waals surface area (Å²) in [4.78, 5) is 12.9. The Morgan fingerprint density at radius 3 is 2.64 bits per heavy atom. The van der Waals surface area contributed by atoms with Gasteiger partial charge in [-0.2, -0.15) is 0 Å². The van der Waals surface area contributed by atoms with Gasteiger partial charge in [-0.1, -0.05) is 79.7 Å². The predicted molar refractivity (Wildman–Crippen MR) is 116 cm³/mol. The number of aromatic nitrogens is 4. The fourth-order valence-corrected chi connectivity index (χ4v) is 3.97. The molecule has 6 heteroatoms. The molecule has 0 unspecified atom stereocenters. The zero-order chi connectivity index (χ0) is 19.3. The quantitative estimate of drug-likeness (QED) is 0.431. The molecule has 0 N–H and O–H groups in total. The van der Waals surface area contributed by atoms with Crippen molar-refractivity contribution in [3.8, 4) is 0 Å². The number of rotatable bonds is 7. The van der Waals surface area contributed by atoms with Gasteiger partial charge in [0, 0.05) is 12.3 Å². The normalized spacial score (nSPS) is 11.8. The molecule has 0 aliphatic rings. The van der Waals surface area contributed by atoms with E-state index in [1.807, 2.05) is 46.9 Å². The molecule has 142 valence electrons. The van der Waals surface area contributed by atoms with Crippen molar-refractivity contribution in [1.29, 1.82) is 0 Å². The highest BCUT2D eigenvalue weighted by Gasteiger charge is 2.16. The summed E-state index contributed by atoms with van der Waals surface area (Å²) in [6, 6.07) is 17.9. The van der Waals surface area contributed by atoms with Crippen LogP contribution in [0.25, 0.3) is 22.8 Å². The van der Waals surface area contributed by atoms with Crippen molar-refractivity contribution in [3.63, 3.8) is 0 Å². The lowest BCUT2D eigenvalue weighted by Crippen LogP contribution is -2.23. The van der Waals surface area contributed by atoms with E-state index in [1.54, 1.807) is 16.3 Å². The summed E-state index contributed by atoms with van der Waals surface area (Å²) in [7, 11) is 0. The molecule has 28 heavy (non-hydrogen) atoms. The summed E-state index contributed by atoms with van der Waals surface area (Å²) in [6.45, 7) is 2.77. The first-order valence-electron chi connectivity index (χ1n) is 9.50. The van der Waals surface area contributed by atoms with Crippen molar-refractivity contribution >= 4 is 34.5 Å². The third-order valence-corrected chi connectivity index (χ3v) is 5.51. The average molecular weight is 391 g/mol. The molecular weight excluding hydrogens is 368 g/mol. The lowest BCUT2D eigenvalue weighted by Gasteiger charge is -2.10. The fraction of sp³-hybridized carbons (Fsp3) is 0.227. The molecule has 0 aliphatic carbocycles. The lowest BCUT2D eigenvalue weighted by molar-refractivity contribution is 0.620. The largest absolute Gasteiger partial charge is 0.276 e. The van der Waals surface area contributed by atoms with Crippen LogP contribution in [0.5, 0.6) is 0 Å². The van der Waals surface area contributed by atoms with Crippen molar-refractivity contribution in [2.75, 3.05) is 5.75 Å². The maximum atomic E-state index is 12.9. The van der Waals surface area contributed by atoms with Crippen LogP contribution in [0.3, 0.4) is 0 Å². The molecule has 0 saturated carbocycles. The van der Waals surface area contributed by atoms with Crippen LogP contribution in [0, 0.1) is 0 Å². The number of fused-ring (bicyclic) bond motifs is 3. The molecule has 0 atom stereocenters. The van der Waals surface area contributed by atoms with Gasteiger partial charge in [0.1, 0.15) is 0 Å². The first kappa shape index (κ1) is 18.5. The van der Waals surface area contributed by atoms with E-state index < -0.39 is 0 Å². The third-order valence-electron chi connectivity index (χ3n) is 4.63. The number of hydrogen-bond donors (Lipinski definition) is 0. The Balaban J connectivity index is 1.70. The molecule has 0 radical (unpaired) electrons. The second-order valence-electron chi connectivity index (χ2n) is 6.57. The molecule has 0 saturated heterocycles. The van der Waals surface area contributed by atoms with Gasteiger partial charge in [0.15, 0.2) is 5.16 Å². The van der Waals surface area contributed by atoms with Crippen LogP contribution >= 0.6 is 11.8 Å². The summed E-state index contributed by atoms with van der Waals surface area (Å²) in [5.41, 5.74) is 2.03. The molecule has 5 nitrogen and oxygen atoms in total. The monoisotopic (exact) mass is 390 g/mol. The van der Waals surface area contributed by atoms with Gasteiger partial charge in [-0.15, -0.1) is 10.2 Å². The van der Waals surface area contributed by atoms with Crippen LogP contribution < -0.4 is 5.56 Å². The second-order valence-corrected chi connectivity index (χ2v) is 7.56. The summed E-state index contributed by atoms with van der Waals surface area (Å²) in [6.07, 6.45) is 6.18. The smallest absolute Gasteiger partial charge is 0.262 e. The minimum atomic E-state index is 0.00414. The van der Waals surface area contributed by atoms with E-state index in [-0.39, 0.29) is 5.56 Å². The van der Waals surface area contributed by atoms with Crippen molar-refractivity contribution in [1.82, 2.24) is 19.2 Å². The highest BCUT2D eigenvalue weighted by atomic mass is 32.2. The molecular formula is C22H22N4OS. The Bertz CT molecular complexity index is 1180. The Hall–Kier alpha value is -2.86.